The molecule has 7 heteroatoms. The number of amides is 1. The molecule has 0 aliphatic rings. The maximum absolute atomic E-state index is 12.2. The van der Waals surface area contributed by atoms with Gasteiger partial charge in [-0.25, -0.2) is 14.6 Å². The molecule has 0 bridgehead atoms. The van der Waals surface area contributed by atoms with Crippen LogP contribution in [-0.4, -0.2) is 37.2 Å². The first-order chi connectivity index (χ1) is 12.8. The molecule has 0 saturated heterocycles. The highest BCUT2D eigenvalue weighted by molar-refractivity contribution is 5.94. The first-order valence-electron chi connectivity index (χ1n) is 8.46. The second kappa shape index (κ2) is 7.18. The minimum absolute atomic E-state index is 0.0836. The molecule has 4 aromatic rings. The number of carbonyl (C=O) groups is 1. The molecule has 4 rings (SSSR count). The van der Waals surface area contributed by atoms with Crippen LogP contribution in [0.4, 0.5) is 0 Å². The Bertz CT molecular complexity index is 971. The van der Waals surface area contributed by atoms with Crippen molar-refractivity contribution in [1.29, 1.82) is 0 Å². The van der Waals surface area contributed by atoms with E-state index in [1.165, 1.54) is 6.33 Å². The normalized spacial score (nSPS) is 10.9. The highest BCUT2D eigenvalue weighted by atomic mass is 16.1. The minimum Gasteiger partial charge on any atom is -0.352 e. The molecule has 26 heavy (non-hydrogen) atoms. The Hall–Kier alpha value is -3.48. The molecule has 130 valence electrons. The standard InChI is InChI=1S/C19H18N6O/c26-19(14-7-9-15(10-8-14)25-13-20-12-22-25)21-11-3-6-18-23-16-4-1-2-5-17(16)24-18/h1-2,4-5,7-10,12-13H,3,6,11H2,(H,21,26)(H,23,24). The summed E-state index contributed by atoms with van der Waals surface area (Å²) in [6.45, 7) is 0.598. The molecule has 2 aromatic heterocycles. The van der Waals surface area contributed by atoms with Crippen LogP contribution in [0, 0.1) is 0 Å². The zero-order valence-corrected chi connectivity index (χ0v) is 14.1. The van der Waals surface area contributed by atoms with Crippen molar-refractivity contribution in [1.82, 2.24) is 30.0 Å². The van der Waals surface area contributed by atoms with Crippen LogP contribution in [0.25, 0.3) is 16.7 Å². The van der Waals surface area contributed by atoms with Gasteiger partial charge in [0, 0.05) is 18.5 Å². The molecule has 0 unspecified atom stereocenters. The fourth-order valence-electron chi connectivity index (χ4n) is 2.79. The zero-order chi connectivity index (χ0) is 17.8. The summed E-state index contributed by atoms with van der Waals surface area (Å²) in [6, 6.07) is 15.2. The van der Waals surface area contributed by atoms with Crippen LogP contribution in [0.5, 0.6) is 0 Å². The molecular weight excluding hydrogens is 328 g/mol. The summed E-state index contributed by atoms with van der Waals surface area (Å²) in [5.41, 5.74) is 3.50. The summed E-state index contributed by atoms with van der Waals surface area (Å²) in [5.74, 6) is 0.859. The number of benzene rings is 2. The number of hydrogen-bond donors (Lipinski definition) is 2. The largest absolute Gasteiger partial charge is 0.352 e. The maximum atomic E-state index is 12.2. The Balaban J connectivity index is 1.28. The maximum Gasteiger partial charge on any atom is 0.251 e. The van der Waals surface area contributed by atoms with Gasteiger partial charge in [-0.2, -0.15) is 5.10 Å². The van der Waals surface area contributed by atoms with E-state index in [1.807, 2.05) is 36.4 Å². The first-order valence-corrected chi connectivity index (χ1v) is 8.46. The van der Waals surface area contributed by atoms with E-state index in [1.54, 1.807) is 23.1 Å². The lowest BCUT2D eigenvalue weighted by molar-refractivity contribution is 0.0953. The van der Waals surface area contributed by atoms with Gasteiger partial charge in [-0.15, -0.1) is 0 Å². The molecule has 0 radical (unpaired) electrons. The van der Waals surface area contributed by atoms with Crippen LogP contribution in [0.3, 0.4) is 0 Å². The van der Waals surface area contributed by atoms with E-state index in [2.05, 4.69) is 25.4 Å². The molecule has 0 aliphatic heterocycles. The van der Waals surface area contributed by atoms with Crippen molar-refractivity contribution in [3.8, 4) is 5.69 Å². The fraction of sp³-hybridized carbons (Fsp3) is 0.158. The zero-order valence-electron chi connectivity index (χ0n) is 14.1. The Morgan fingerprint density at radius 2 is 1.96 bits per heavy atom. The van der Waals surface area contributed by atoms with E-state index < -0.39 is 0 Å². The predicted octanol–water partition coefficient (Wildman–Crippen LogP) is 2.51. The molecule has 7 nitrogen and oxygen atoms in total. The molecule has 0 spiro atoms. The lowest BCUT2D eigenvalue weighted by atomic mass is 10.2. The number of nitrogens with one attached hydrogen (secondary N) is 2. The molecular formula is C19H18N6O. The van der Waals surface area contributed by atoms with Crippen molar-refractivity contribution in [2.45, 2.75) is 12.8 Å². The molecule has 0 saturated carbocycles. The van der Waals surface area contributed by atoms with Crippen molar-refractivity contribution in [3.63, 3.8) is 0 Å². The average molecular weight is 346 g/mol. The third-order valence-electron chi connectivity index (χ3n) is 4.13. The van der Waals surface area contributed by atoms with Gasteiger partial charge in [-0.3, -0.25) is 4.79 Å². The molecule has 2 N–H and O–H groups in total. The topological polar surface area (TPSA) is 88.5 Å². The van der Waals surface area contributed by atoms with E-state index >= 15 is 0 Å². The van der Waals surface area contributed by atoms with Gasteiger partial charge in [0.2, 0.25) is 0 Å². The number of imidazole rings is 1. The smallest absolute Gasteiger partial charge is 0.251 e. The van der Waals surface area contributed by atoms with E-state index in [9.17, 15) is 4.79 Å². The van der Waals surface area contributed by atoms with Gasteiger partial charge in [0.1, 0.15) is 18.5 Å². The van der Waals surface area contributed by atoms with Crippen molar-refractivity contribution in [2.24, 2.45) is 0 Å². The van der Waals surface area contributed by atoms with Gasteiger partial charge < -0.3 is 10.3 Å². The predicted molar refractivity (Wildman–Crippen MR) is 98.1 cm³/mol. The van der Waals surface area contributed by atoms with Crippen molar-refractivity contribution in [3.05, 3.63) is 72.6 Å². The number of aromatic amines is 1. The number of para-hydroxylation sites is 2. The number of nitrogens with zero attached hydrogens (tertiary/aromatic N) is 4. The molecule has 2 aromatic carbocycles. The van der Waals surface area contributed by atoms with Crippen LogP contribution in [0.1, 0.15) is 22.6 Å². The van der Waals surface area contributed by atoms with Gasteiger partial charge in [0.05, 0.1) is 16.7 Å². The van der Waals surface area contributed by atoms with Gasteiger partial charge in [-0.05, 0) is 42.8 Å². The number of aromatic nitrogens is 5. The van der Waals surface area contributed by atoms with E-state index in [0.29, 0.717) is 12.1 Å². The molecule has 2 heterocycles. The average Bonchev–Trinajstić information content (AvgIpc) is 3.34. The summed E-state index contributed by atoms with van der Waals surface area (Å²) in [6.07, 6.45) is 4.71. The third-order valence-corrected chi connectivity index (χ3v) is 4.13. The second-order valence-electron chi connectivity index (χ2n) is 5.95. The van der Waals surface area contributed by atoms with Gasteiger partial charge >= 0.3 is 0 Å². The van der Waals surface area contributed by atoms with Crippen LogP contribution in [-0.2, 0) is 6.42 Å². The van der Waals surface area contributed by atoms with Gasteiger partial charge in [0.15, 0.2) is 0 Å². The van der Waals surface area contributed by atoms with Gasteiger partial charge in [-0.1, -0.05) is 12.1 Å². The SMILES string of the molecule is O=C(NCCCc1nc2ccccc2[nH]1)c1ccc(-n2cncn2)cc1. The molecule has 0 atom stereocenters. The van der Waals surface area contributed by atoms with Crippen molar-refractivity contribution >= 4 is 16.9 Å². The van der Waals surface area contributed by atoms with E-state index in [4.69, 9.17) is 0 Å². The van der Waals surface area contributed by atoms with Crippen LogP contribution >= 0.6 is 0 Å². The van der Waals surface area contributed by atoms with E-state index in [0.717, 1.165) is 35.4 Å². The number of carbonyl (C=O) groups excluding carboxylic acids is 1. The summed E-state index contributed by atoms with van der Waals surface area (Å²) >= 11 is 0. The number of rotatable bonds is 6. The fourth-order valence-corrected chi connectivity index (χ4v) is 2.79. The van der Waals surface area contributed by atoms with Crippen LogP contribution < -0.4 is 5.32 Å². The number of H-pyrrole nitrogens is 1. The molecule has 0 aliphatic carbocycles. The lowest BCUT2D eigenvalue weighted by Crippen LogP contribution is -2.24. The monoisotopic (exact) mass is 346 g/mol. The number of hydrogen-bond acceptors (Lipinski definition) is 4. The first kappa shape index (κ1) is 16.0. The van der Waals surface area contributed by atoms with Crippen LogP contribution in [0.15, 0.2) is 61.2 Å². The van der Waals surface area contributed by atoms with Crippen molar-refractivity contribution in [2.75, 3.05) is 6.54 Å². The number of aryl methyl sites for hydroxylation is 1. The highest BCUT2D eigenvalue weighted by Gasteiger charge is 2.06. The summed E-state index contributed by atoms with van der Waals surface area (Å²) in [7, 11) is 0. The minimum atomic E-state index is -0.0836. The van der Waals surface area contributed by atoms with Crippen molar-refractivity contribution < 1.29 is 4.79 Å². The summed E-state index contributed by atoms with van der Waals surface area (Å²) in [5, 5.41) is 7.00. The third kappa shape index (κ3) is 3.46. The van der Waals surface area contributed by atoms with Gasteiger partial charge in [0.25, 0.3) is 5.91 Å². The summed E-state index contributed by atoms with van der Waals surface area (Å²) in [4.78, 5) is 24.0. The Morgan fingerprint density at radius 1 is 1.12 bits per heavy atom. The Morgan fingerprint density at radius 3 is 2.73 bits per heavy atom. The molecule has 1 amide bonds. The summed E-state index contributed by atoms with van der Waals surface area (Å²) < 4.78 is 1.65. The quantitative estimate of drug-likeness (QED) is 0.525. The molecule has 0 fully saturated rings. The Kier molecular flexibility index (Phi) is 4.42. The highest BCUT2D eigenvalue weighted by Crippen LogP contribution is 2.11. The van der Waals surface area contributed by atoms with E-state index in [-0.39, 0.29) is 5.91 Å². The second-order valence-corrected chi connectivity index (χ2v) is 5.95. The lowest BCUT2D eigenvalue weighted by Gasteiger charge is -2.06. The van der Waals surface area contributed by atoms with Crippen LogP contribution in [0.2, 0.25) is 0 Å². The Labute approximate surface area is 150 Å². The number of fused-ring (bicyclic) bond motifs is 1.